The van der Waals surface area contributed by atoms with E-state index in [2.05, 4.69) is 15.7 Å². The van der Waals surface area contributed by atoms with Crippen LogP contribution >= 0.6 is 11.6 Å². The normalized spacial score (nSPS) is 11.4. The summed E-state index contributed by atoms with van der Waals surface area (Å²) in [6.07, 6.45) is 1.53. The topological polar surface area (TPSA) is 93.1 Å². The first-order valence-corrected chi connectivity index (χ1v) is 11.6. The predicted octanol–water partition coefficient (Wildman–Crippen LogP) is 5.09. The zero-order valence-corrected chi connectivity index (χ0v) is 20.7. The minimum Gasteiger partial charge on any atom is -0.352 e. The average Bonchev–Trinajstić information content (AvgIpc) is 2.84. The summed E-state index contributed by atoms with van der Waals surface area (Å²) in [5, 5.41) is 10.9. The fourth-order valence-electron chi connectivity index (χ4n) is 3.49. The molecule has 0 aliphatic heterocycles. The van der Waals surface area contributed by atoms with Crippen molar-refractivity contribution in [2.45, 2.75) is 27.3 Å². The van der Waals surface area contributed by atoms with Crippen LogP contribution in [-0.2, 0) is 11.3 Å². The summed E-state index contributed by atoms with van der Waals surface area (Å²) in [5.74, 6) is -0.992. The van der Waals surface area contributed by atoms with Crippen LogP contribution in [0.3, 0.4) is 0 Å². The second-order valence-electron chi connectivity index (χ2n) is 9.34. The van der Waals surface area contributed by atoms with Gasteiger partial charge in [0, 0.05) is 23.0 Å². The van der Waals surface area contributed by atoms with Gasteiger partial charge in [0.15, 0.2) is 0 Å². The Morgan fingerprint density at radius 1 is 1.03 bits per heavy atom. The maximum Gasteiger partial charge on any atom is 0.279 e. The van der Waals surface area contributed by atoms with E-state index in [9.17, 15) is 18.8 Å². The Morgan fingerprint density at radius 3 is 2.44 bits per heavy atom. The number of rotatable bonds is 5. The van der Waals surface area contributed by atoms with Crippen molar-refractivity contribution in [2.24, 2.45) is 5.41 Å². The number of hydrogen-bond acceptors (Lipinski definition) is 4. The maximum atomic E-state index is 13.3. The van der Waals surface area contributed by atoms with Gasteiger partial charge in [-0.05, 0) is 54.1 Å². The Kier molecular flexibility index (Phi) is 6.90. The van der Waals surface area contributed by atoms with Gasteiger partial charge in [-0.25, -0.2) is 4.39 Å². The van der Waals surface area contributed by atoms with Crippen LogP contribution in [-0.4, -0.2) is 21.6 Å². The number of nitrogens with zero attached hydrogens (tertiary/aromatic N) is 2. The number of halogens is 2. The van der Waals surface area contributed by atoms with Crippen LogP contribution in [0.25, 0.3) is 16.5 Å². The number of anilines is 1. The van der Waals surface area contributed by atoms with Crippen molar-refractivity contribution in [3.8, 4) is 5.69 Å². The largest absolute Gasteiger partial charge is 0.352 e. The van der Waals surface area contributed by atoms with Crippen molar-refractivity contribution in [1.29, 1.82) is 0 Å². The van der Waals surface area contributed by atoms with Gasteiger partial charge in [0.25, 0.3) is 11.5 Å². The van der Waals surface area contributed by atoms with Crippen molar-refractivity contribution in [3.63, 3.8) is 0 Å². The van der Waals surface area contributed by atoms with E-state index in [0.29, 0.717) is 27.7 Å². The summed E-state index contributed by atoms with van der Waals surface area (Å²) in [6.45, 7) is 5.70. The highest BCUT2D eigenvalue weighted by molar-refractivity contribution is 6.34. The Hall–Kier alpha value is -4.04. The van der Waals surface area contributed by atoms with Crippen molar-refractivity contribution in [2.75, 3.05) is 5.32 Å². The molecule has 7 nitrogen and oxygen atoms in total. The Morgan fingerprint density at radius 2 is 1.75 bits per heavy atom. The molecule has 0 saturated heterocycles. The Bertz CT molecular complexity index is 1530. The minimum absolute atomic E-state index is 0.111. The first-order valence-electron chi connectivity index (χ1n) is 11.2. The van der Waals surface area contributed by atoms with Gasteiger partial charge in [-0.2, -0.15) is 9.78 Å². The first kappa shape index (κ1) is 25.1. The molecule has 1 heterocycles. The van der Waals surface area contributed by atoms with Gasteiger partial charge in [-0.15, -0.1) is 0 Å². The molecule has 0 bridgehead atoms. The highest BCUT2D eigenvalue weighted by atomic mass is 35.5. The summed E-state index contributed by atoms with van der Waals surface area (Å²) in [7, 11) is 0. The van der Waals surface area contributed by atoms with E-state index in [-0.39, 0.29) is 23.0 Å². The fourth-order valence-corrected chi connectivity index (χ4v) is 3.69. The zero-order valence-electron chi connectivity index (χ0n) is 19.9. The average molecular weight is 507 g/mol. The highest BCUT2D eigenvalue weighted by Crippen LogP contribution is 2.22. The van der Waals surface area contributed by atoms with Crippen molar-refractivity contribution < 1.29 is 14.0 Å². The van der Waals surface area contributed by atoms with Crippen molar-refractivity contribution in [1.82, 2.24) is 15.1 Å². The number of aromatic nitrogens is 2. The molecule has 184 valence electrons. The predicted molar refractivity (Wildman–Crippen MR) is 138 cm³/mol. The summed E-state index contributed by atoms with van der Waals surface area (Å²) >= 11 is 6.28. The van der Waals surface area contributed by atoms with Crippen molar-refractivity contribution >= 4 is 39.9 Å². The van der Waals surface area contributed by atoms with Crippen LogP contribution in [0.4, 0.5) is 10.1 Å². The third-order valence-corrected chi connectivity index (χ3v) is 5.86. The van der Waals surface area contributed by atoms with Crippen LogP contribution < -0.4 is 16.2 Å². The second-order valence-corrected chi connectivity index (χ2v) is 9.75. The smallest absolute Gasteiger partial charge is 0.279 e. The highest BCUT2D eigenvalue weighted by Gasteiger charge is 2.21. The molecule has 4 aromatic rings. The molecule has 0 saturated carbocycles. The standard InChI is InChI=1S/C27H24ClFN4O3/c1-27(2,3)26(36)30-14-16-4-11-23(28)22(12-16)24(34)32-19-8-5-17-15-31-33(25(35)21(17)13-19)20-9-6-18(29)7-10-20/h4-13,15H,14H2,1-3H3,(H,30,36)(H,32,34). The number of carbonyl (C=O) groups excluding carboxylic acids is 2. The van der Waals surface area contributed by atoms with Crippen LogP contribution in [0, 0.1) is 11.2 Å². The Balaban J connectivity index is 1.58. The van der Waals surface area contributed by atoms with E-state index < -0.39 is 22.7 Å². The summed E-state index contributed by atoms with van der Waals surface area (Å²) in [4.78, 5) is 38.2. The molecule has 0 atom stereocenters. The lowest BCUT2D eigenvalue weighted by molar-refractivity contribution is -0.128. The van der Waals surface area contributed by atoms with Crippen LogP contribution in [0.5, 0.6) is 0 Å². The van der Waals surface area contributed by atoms with Gasteiger partial charge < -0.3 is 10.6 Å². The second kappa shape index (κ2) is 9.91. The fraction of sp³-hybridized carbons (Fsp3) is 0.185. The van der Waals surface area contributed by atoms with Gasteiger partial charge in [-0.1, -0.05) is 44.5 Å². The monoisotopic (exact) mass is 506 g/mol. The molecule has 0 aliphatic carbocycles. The van der Waals surface area contributed by atoms with E-state index in [0.717, 1.165) is 0 Å². The molecular formula is C27H24ClFN4O3. The molecule has 0 spiro atoms. The lowest BCUT2D eigenvalue weighted by atomic mass is 9.95. The molecule has 1 aromatic heterocycles. The molecule has 9 heteroatoms. The summed E-state index contributed by atoms with van der Waals surface area (Å²) in [5.41, 5.74) is 0.813. The minimum atomic E-state index is -0.534. The quantitative estimate of drug-likeness (QED) is 0.394. The maximum absolute atomic E-state index is 13.3. The SMILES string of the molecule is CC(C)(C)C(=O)NCc1ccc(Cl)c(C(=O)Nc2ccc3cnn(-c4ccc(F)cc4)c(=O)c3c2)c1. The van der Waals surface area contributed by atoms with Crippen molar-refractivity contribution in [3.05, 3.63) is 99.2 Å². The molecular weight excluding hydrogens is 483 g/mol. The molecule has 0 aliphatic rings. The van der Waals surface area contributed by atoms with Gasteiger partial charge in [-0.3, -0.25) is 14.4 Å². The number of carbonyl (C=O) groups is 2. The third-order valence-electron chi connectivity index (χ3n) is 5.53. The number of amides is 2. The van der Waals surface area contributed by atoms with E-state index in [1.54, 1.807) is 36.4 Å². The summed E-state index contributed by atoms with van der Waals surface area (Å²) in [6, 6.07) is 15.3. The van der Waals surface area contributed by atoms with E-state index >= 15 is 0 Å². The van der Waals surface area contributed by atoms with E-state index in [1.807, 2.05) is 20.8 Å². The number of nitrogens with one attached hydrogen (secondary N) is 2. The van der Waals surface area contributed by atoms with Gasteiger partial charge in [0.05, 0.1) is 27.9 Å². The molecule has 0 fully saturated rings. The van der Waals surface area contributed by atoms with Gasteiger partial charge >= 0.3 is 0 Å². The molecule has 4 rings (SSSR count). The molecule has 3 aromatic carbocycles. The lowest BCUT2D eigenvalue weighted by Gasteiger charge is -2.18. The Labute approximate surface area is 211 Å². The van der Waals surface area contributed by atoms with E-state index in [1.165, 1.54) is 35.1 Å². The van der Waals surface area contributed by atoms with Crippen LogP contribution in [0.15, 0.2) is 71.7 Å². The van der Waals surface area contributed by atoms with Crippen LogP contribution in [0.1, 0.15) is 36.7 Å². The third kappa shape index (κ3) is 5.44. The number of fused-ring (bicyclic) bond motifs is 1. The summed E-state index contributed by atoms with van der Waals surface area (Å²) < 4.78 is 14.4. The van der Waals surface area contributed by atoms with E-state index in [4.69, 9.17) is 11.6 Å². The van der Waals surface area contributed by atoms with Crippen LogP contribution in [0.2, 0.25) is 5.02 Å². The number of hydrogen-bond donors (Lipinski definition) is 2. The molecule has 36 heavy (non-hydrogen) atoms. The van der Waals surface area contributed by atoms with Gasteiger partial charge in [0.1, 0.15) is 5.82 Å². The van der Waals surface area contributed by atoms with Gasteiger partial charge in [0.2, 0.25) is 5.91 Å². The first-order chi connectivity index (χ1) is 17.0. The molecule has 0 radical (unpaired) electrons. The zero-order chi connectivity index (χ0) is 26.0. The number of benzene rings is 3. The molecule has 2 amide bonds. The molecule has 2 N–H and O–H groups in total. The molecule has 0 unspecified atom stereocenters. The lowest BCUT2D eigenvalue weighted by Crippen LogP contribution is -2.34.